The molecule has 0 heterocycles. The van der Waals surface area contributed by atoms with Gasteiger partial charge in [-0.15, -0.1) is 0 Å². The average Bonchev–Trinajstić information content (AvgIpc) is 2.60. The number of halogens is 2. The molecule has 0 radical (unpaired) electrons. The lowest BCUT2D eigenvalue weighted by Gasteiger charge is -2.26. The first-order chi connectivity index (χ1) is 7.99. The Labute approximate surface area is 106 Å². The Morgan fingerprint density at radius 2 is 2.35 bits per heavy atom. The van der Waals surface area contributed by atoms with Crippen molar-refractivity contribution in [2.24, 2.45) is 0 Å². The lowest BCUT2D eigenvalue weighted by Crippen LogP contribution is -2.44. The molecule has 2 unspecified atom stereocenters. The van der Waals surface area contributed by atoms with Crippen LogP contribution in [0.4, 0.5) is 4.39 Å². The molecule has 2 rings (SSSR count). The molecule has 0 bridgehead atoms. The second-order valence-electron chi connectivity index (χ2n) is 4.93. The molecule has 0 aromatic heterocycles. The highest BCUT2D eigenvalue weighted by Gasteiger charge is 2.36. The average molecular weight is 258 g/mol. The Morgan fingerprint density at radius 1 is 1.59 bits per heavy atom. The van der Waals surface area contributed by atoms with E-state index in [2.05, 4.69) is 5.32 Å². The van der Waals surface area contributed by atoms with Crippen molar-refractivity contribution in [3.63, 3.8) is 0 Å². The normalized spacial score (nSPS) is 28.6. The summed E-state index contributed by atoms with van der Waals surface area (Å²) in [6, 6.07) is 4.80. The van der Waals surface area contributed by atoms with Crippen LogP contribution in [0.2, 0.25) is 5.02 Å². The monoisotopic (exact) mass is 257 g/mol. The van der Waals surface area contributed by atoms with Crippen molar-refractivity contribution in [1.82, 2.24) is 5.32 Å². The molecule has 0 spiro atoms. The fourth-order valence-electron chi connectivity index (χ4n) is 2.36. The highest BCUT2D eigenvalue weighted by molar-refractivity contribution is 6.30. The Kier molecular flexibility index (Phi) is 3.71. The molecule has 2 nitrogen and oxygen atoms in total. The summed E-state index contributed by atoms with van der Waals surface area (Å²) < 4.78 is 13.0. The molecular weight excluding hydrogens is 241 g/mol. The summed E-state index contributed by atoms with van der Waals surface area (Å²) in [4.78, 5) is 0. The van der Waals surface area contributed by atoms with Crippen LogP contribution in [0.25, 0.3) is 0 Å². The van der Waals surface area contributed by atoms with E-state index in [4.69, 9.17) is 11.6 Å². The summed E-state index contributed by atoms with van der Waals surface area (Å²) >= 11 is 5.71. The van der Waals surface area contributed by atoms with Crippen molar-refractivity contribution < 1.29 is 9.50 Å². The quantitative estimate of drug-likeness (QED) is 0.873. The van der Waals surface area contributed by atoms with Crippen LogP contribution in [0.3, 0.4) is 0 Å². The molecular formula is C13H17ClFNO. The van der Waals surface area contributed by atoms with Crippen LogP contribution in [0.15, 0.2) is 18.2 Å². The maximum atomic E-state index is 13.0. The van der Waals surface area contributed by atoms with E-state index in [1.165, 1.54) is 6.07 Å². The zero-order valence-corrected chi connectivity index (χ0v) is 10.6. The van der Waals surface area contributed by atoms with Gasteiger partial charge in [-0.2, -0.15) is 0 Å². The Bertz CT molecular complexity index is 408. The zero-order chi connectivity index (χ0) is 12.5. The van der Waals surface area contributed by atoms with Crippen molar-refractivity contribution >= 4 is 11.6 Å². The standard InChI is InChI=1S/C13H17ClFNO/c1-13(17)6-2-3-12(13)16-8-9-4-5-11(15)10(14)7-9/h4-5,7,12,16-17H,2-3,6,8H2,1H3. The fourth-order valence-corrected chi connectivity index (χ4v) is 2.56. The number of rotatable bonds is 3. The maximum Gasteiger partial charge on any atom is 0.141 e. The van der Waals surface area contributed by atoms with Gasteiger partial charge >= 0.3 is 0 Å². The van der Waals surface area contributed by atoms with Gasteiger partial charge in [-0.3, -0.25) is 0 Å². The largest absolute Gasteiger partial charge is 0.389 e. The molecule has 1 aliphatic carbocycles. The third kappa shape index (κ3) is 2.97. The molecule has 1 aromatic rings. The summed E-state index contributed by atoms with van der Waals surface area (Å²) in [6.07, 6.45) is 2.84. The van der Waals surface area contributed by atoms with Gasteiger partial charge in [0.05, 0.1) is 10.6 Å². The van der Waals surface area contributed by atoms with Gasteiger partial charge in [-0.05, 0) is 43.9 Å². The Hall–Kier alpha value is -0.640. The molecule has 17 heavy (non-hydrogen) atoms. The van der Waals surface area contributed by atoms with Gasteiger partial charge in [0.25, 0.3) is 0 Å². The molecule has 2 atom stereocenters. The highest BCUT2D eigenvalue weighted by atomic mass is 35.5. The fraction of sp³-hybridized carbons (Fsp3) is 0.538. The molecule has 1 aliphatic rings. The van der Waals surface area contributed by atoms with Gasteiger partial charge in [0, 0.05) is 12.6 Å². The minimum atomic E-state index is -0.635. The molecule has 4 heteroatoms. The van der Waals surface area contributed by atoms with Crippen LogP contribution in [0.5, 0.6) is 0 Å². The third-order valence-corrected chi connectivity index (χ3v) is 3.75. The lowest BCUT2D eigenvalue weighted by molar-refractivity contribution is 0.0387. The Morgan fingerprint density at radius 3 is 2.94 bits per heavy atom. The topological polar surface area (TPSA) is 32.3 Å². The van der Waals surface area contributed by atoms with Crippen molar-refractivity contribution in [2.75, 3.05) is 0 Å². The zero-order valence-electron chi connectivity index (χ0n) is 9.84. The van der Waals surface area contributed by atoms with Gasteiger partial charge in [0.2, 0.25) is 0 Å². The molecule has 0 amide bonds. The highest BCUT2D eigenvalue weighted by Crippen LogP contribution is 2.29. The van der Waals surface area contributed by atoms with Crippen LogP contribution in [0, 0.1) is 5.82 Å². The van der Waals surface area contributed by atoms with Crippen molar-refractivity contribution in [1.29, 1.82) is 0 Å². The summed E-state index contributed by atoms with van der Waals surface area (Å²) in [5.74, 6) is -0.400. The number of hydrogen-bond acceptors (Lipinski definition) is 2. The van der Waals surface area contributed by atoms with Crippen LogP contribution >= 0.6 is 11.6 Å². The number of hydrogen-bond donors (Lipinski definition) is 2. The summed E-state index contributed by atoms with van der Waals surface area (Å²) in [7, 11) is 0. The van der Waals surface area contributed by atoms with E-state index >= 15 is 0 Å². The van der Waals surface area contributed by atoms with Gasteiger partial charge in [0.15, 0.2) is 0 Å². The smallest absolute Gasteiger partial charge is 0.141 e. The summed E-state index contributed by atoms with van der Waals surface area (Å²) in [5.41, 5.74) is 0.295. The molecule has 2 N–H and O–H groups in total. The second kappa shape index (κ2) is 4.92. The minimum Gasteiger partial charge on any atom is -0.389 e. The molecule has 0 aliphatic heterocycles. The van der Waals surface area contributed by atoms with E-state index < -0.39 is 11.4 Å². The van der Waals surface area contributed by atoms with Crippen LogP contribution in [0.1, 0.15) is 31.7 Å². The van der Waals surface area contributed by atoms with Crippen molar-refractivity contribution in [2.45, 2.75) is 44.4 Å². The number of nitrogens with one attached hydrogen (secondary N) is 1. The van der Waals surface area contributed by atoms with Gasteiger partial charge in [-0.25, -0.2) is 4.39 Å². The van der Waals surface area contributed by atoms with E-state index in [-0.39, 0.29) is 11.1 Å². The van der Waals surface area contributed by atoms with E-state index in [0.717, 1.165) is 24.8 Å². The maximum absolute atomic E-state index is 13.0. The van der Waals surface area contributed by atoms with E-state index in [1.807, 2.05) is 6.92 Å². The minimum absolute atomic E-state index is 0.103. The Balaban J connectivity index is 1.96. The van der Waals surface area contributed by atoms with E-state index in [1.54, 1.807) is 12.1 Å². The van der Waals surface area contributed by atoms with Gasteiger partial charge in [-0.1, -0.05) is 17.7 Å². The number of benzene rings is 1. The first kappa shape index (κ1) is 12.8. The van der Waals surface area contributed by atoms with Gasteiger partial charge < -0.3 is 10.4 Å². The molecule has 1 saturated carbocycles. The SMILES string of the molecule is CC1(O)CCCC1NCc1ccc(F)c(Cl)c1. The molecule has 1 fully saturated rings. The molecule has 0 saturated heterocycles. The summed E-state index contributed by atoms with van der Waals surface area (Å²) in [5, 5.41) is 13.5. The predicted octanol–water partition coefficient (Wildman–Crippen LogP) is 2.87. The molecule has 1 aromatic carbocycles. The van der Waals surface area contributed by atoms with E-state index in [0.29, 0.717) is 6.54 Å². The van der Waals surface area contributed by atoms with Crippen LogP contribution in [-0.4, -0.2) is 16.7 Å². The first-order valence-electron chi connectivity index (χ1n) is 5.89. The number of aliphatic hydroxyl groups is 1. The van der Waals surface area contributed by atoms with Crippen LogP contribution < -0.4 is 5.32 Å². The second-order valence-corrected chi connectivity index (χ2v) is 5.34. The predicted molar refractivity (Wildman–Crippen MR) is 66.5 cm³/mol. The van der Waals surface area contributed by atoms with Crippen molar-refractivity contribution in [3.05, 3.63) is 34.6 Å². The first-order valence-corrected chi connectivity index (χ1v) is 6.26. The lowest BCUT2D eigenvalue weighted by atomic mass is 10.0. The van der Waals surface area contributed by atoms with Crippen molar-refractivity contribution in [3.8, 4) is 0 Å². The van der Waals surface area contributed by atoms with Gasteiger partial charge in [0.1, 0.15) is 5.82 Å². The van der Waals surface area contributed by atoms with Crippen LogP contribution in [-0.2, 0) is 6.54 Å². The van der Waals surface area contributed by atoms with E-state index in [9.17, 15) is 9.50 Å². The summed E-state index contributed by atoms with van der Waals surface area (Å²) in [6.45, 7) is 2.45. The molecule has 94 valence electrons. The third-order valence-electron chi connectivity index (χ3n) is 3.46.